The molecule has 220 valence electrons. The van der Waals surface area contributed by atoms with Crippen LogP contribution in [-0.4, -0.2) is 67.0 Å². The summed E-state index contributed by atoms with van der Waals surface area (Å²) in [7, 11) is -4.40. The SMILES string of the molecule is CCCCC(=O)O[C@H]1[C@H](O[Si](C)(C)C(C)(C)C)[C@@H](CO[Si](C)(C)C(C)(C)C)O[C@H]1n1cnc2c(N)ncnc21. The van der Waals surface area contributed by atoms with E-state index in [4.69, 9.17) is 24.1 Å². The van der Waals surface area contributed by atoms with Crippen LogP contribution >= 0.6 is 0 Å². The molecule has 0 aliphatic carbocycles. The van der Waals surface area contributed by atoms with E-state index in [9.17, 15) is 4.79 Å². The summed E-state index contributed by atoms with van der Waals surface area (Å²) in [4.78, 5) is 26.0. The van der Waals surface area contributed by atoms with Gasteiger partial charge in [0.1, 0.15) is 24.1 Å². The molecule has 1 saturated heterocycles. The highest BCUT2D eigenvalue weighted by atomic mass is 28.4. The van der Waals surface area contributed by atoms with Gasteiger partial charge >= 0.3 is 5.97 Å². The van der Waals surface area contributed by atoms with Crippen LogP contribution in [0.4, 0.5) is 5.82 Å². The van der Waals surface area contributed by atoms with E-state index < -0.39 is 41.2 Å². The number of hydrogen-bond donors (Lipinski definition) is 1. The van der Waals surface area contributed by atoms with Gasteiger partial charge in [0, 0.05) is 6.42 Å². The Morgan fingerprint density at radius 1 is 1.03 bits per heavy atom. The lowest BCUT2D eigenvalue weighted by molar-refractivity contribution is -0.158. The van der Waals surface area contributed by atoms with Crippen LogP contribution in [0.2, 0.25) is 36.3 Å². The quantitative estimate of drug-likeness (QED) is 0.274. The molecule has 0 spiro atoms. The number of hydrogen-bond acceptors (Lipinski definition) is 9. The van der Waals surface area contributed by atoms with Gasteiger partial charge in [-0.25, -0.2) is 15.0 Å². The molecule has 0 amide bonds. The summed E-state index contributed by atoms with van der Waals surface area (Å²) in [6.45, 7) is 24.4. The molecule has 2 aromatic heterocycles. The summed E-state index contributed by atoms with van der Waals surface area (Å²) in [5.41, 5.74) is 7.06. The molecule has 0 saturated carbocycles. The number of ether oxygens (including phenoxy) is 2. The number of nitrogens with two attached hydrogens (primary N) is 1. The molecule has 0 radical (unpaired) electrons. The number of esters is 1. The van der Waals surface area contributed by atoms with Crippen molar-refractivity contribution < 1.29 is 23.1 Å². The Bertz CT molecular complexity index is 1140. The maximum absolute atomic E-state index is 13.0. The Hall–Kier alpha value is -1.87. The van der Waals surface area contributed by atoms with Crippen LogP contribution in [0.5, 0.6) is 0 Å². The first-order chi connectivity index (χ1) is 17.9. The molecule has 4 atom stereocenters. The number of aromatic nitrogens is 4. The number of carbonyl (C=O) groups excluding carboxylic acids is 1. The summed E-state index contributed by atoms with van der Waals surface area (Å²) < 4.78 is 28.3. The minimum Gasteiger partial charge on any atom is -0.455 e. The molecule has 3 heterocycles. The molecule has 2 aromatic rings. The van der Waals surface area contributed by atoms with Crippen LogP contribution in [0.1, 0.15) is 74.0 Å². The van der Waals surface area contributed by atoms with Crippen molar-refractivity contribution in [2.24, 2.45) is 0 Å². The van der Waals surface area contributed by atoms with E-state index in [1.54, 1.807) is 10.9 Å². The number of nitrogens with zero attached hydrogens (tertiary/aromatic N) is 4. The van der Waals surface area contributed by atoms with Gasteiger partial charge in [0.05, 0.1) is 12.9 Å². The van der Waals surface area contributed by atoms with Crippen molar-refractivity contribution in [1.82, 2.24) is 19.5 Å². The van der Waals surface area contributed by atoms with Crippen molar-refractivity contribution >= 4 is 39.6 Å². The molecule has 0 unspecified atom stereocenters. The number of unbranched alkanes of at least 4 members (excludes halogenated alkanes) is 1. The molecular formula is C27H49N5O5Si2. The minimum absolute atomic E-state index is 0.0296. The number of fused-ring (bicyclic) bond motifs is 1. The highest BCUT2D eigenvalue weighted by Gasteiger charge is 2.53. The van der Waals surface area contributed by atoms with Crippen LogP contribution < -0.4 is 5.73 Å². The van der Waals surface area contributed by atoms with E-state index in [0.29, 0.717) is 24.2 Å². The van der Waals surface area contributed by atoms with Crippen molar-refractivity contribution in [3.63, 3.8) is 0 Å². The predicted octanol–water partition coefficient (Wildman–Crippen LogP) is 5.82. The number of carbonyl (C=O) groups is 1. The summed E-state index contributed by atoms with van der Waals surface area (Å²) in [6, 6.07) is 0. The highest BCUT2D eigenvalue weighted by Crippen LogP contribution is 2.44. The van der Waals surface area contributed by atoms with Gasteiger partial charge in [0.15, 0.2) is 40.4 Å². The topological polar surface area (TPSA) is 124 Å². The van der Waals surface area contributed by atoms with Gasteiger partial charge in [-0.05, 0) is 42.7 Å². The third kappa shape index (κ3) is 6.90. The molecule has 0 aromatic carbocycles. The predicted molar refractivity (Wildman–Crippen MR) is 158 cm³/mol. The van der Waals surface area contributed by atoms with E-state index in [2.05, 4.69) is 82.7 Å². The largest absolute Gasteiger partial charge is 0.455 e. The van der Waals surface area contributed by atoms with Crippen LogP contribution in [0.3, 0.4) is 0 Å². The molecule has 12 heteroatoms. The van der Waals surface area contributed by atoms with Gasteiger partial charge in [-0.1, -0.05) is 54.9 Å². The van der Waals surface area contributed by atoms with Crippen LogP contribution in [0.15, 0.2) is 12.7 Å². The molecule has 1 aliphatic heterocycles. The van der Waals surface area contributed by atoms with Crippen LogP contribution in [0, 0.1) is 0 Å². The Labute approximate surface area is 235 Å². The fraction of sp³-hybridized carbons (Fsp3) is 0.778. The second kappa shape index (κ2) is 11.6. The first-order valence-electron chi connectivity index (χ1n) is 14.0. The number of anilines is 1. The molecule has 1 aliphatic rings. The van der Waals surface area contributed by atoms with E-state index in [-0.39, 0.29) is 21.9 Å². The summed E-state index contributed by atoms with van der Waals surface area (Å²) in [5, 5.41) is -0.0299. The fourth-order valence-corrected chi connectivity index (χ4v) is 6.28. The van der Waals surface area contributed by atoms with Crippen molar-refractivity contribution in [2.75, 3.05) is 12.3 Å². The van der Waals surface area contributed by atoms with Gasteiger partial charge in [0.2, 0.25) is 0 Å². The van der Waals surface area contributed by atoms with Crippen molar-refractivity contribution in [1.29, 1.82) is 0 Å². The second-order valence-electron chi connectivity index (χ2n) is 13.6. The van der Waals surface area contributed by atoms with E-state index in [1.807, 2.05) is 6.92 Å². The van der Waals surface area contributed by atoms with Gasteiger partial charge < -0.3 is 24.1 Å². The standard InChI is InChI=1S/C27H49N5O5Si2/c1-12-13-14-19(33)36-22-21(37-39(10,11)27(5,6)7)18(15-34-38(8,9)26(2,3)4)35-25(22)32-17-31-20-23(28)29-16-30-24(20)32/h16-18,21-22,25H,12-15H2,1-11H3,(H2,28,29,30)/t18-,21-,22+,25-/m1/s1. The van der Waals surface area contributed by atoms with Crippen molar-refractivity contribution in [3.8, 4) is 0 Å². The smallest absolute Gasteiger partial charge is 0.306 e. The van der Waals surface area contributed by atoms with Crippen molar-refractivity contribution in [3.05, 3.63) is 12.7 Å². The van der Waals surface area contributed by atoms with Gasteiger partial charge in [-0.2, -0.15) is 0 Å². The average molecular weight is 580 g/mol. The van der Waals surface area contributed by atoms with Crippen LogP contribution in [-0.2, 0) is 23.1 Å². The zero-order valence-corrected chi connectivity index (χ0v) is 27.7. The molecule has 39 heavy (non-hydrogen) atoms. The number of imidazole rings is 1. The number of nitrogen functional groups attached to an aromatic ring is 1. The Kier molecular flexibility index (Phi) is 9.38. The van der Waals surface area contributed by atoms with Gasteiger partial charge in [-0.3, -0.25) is 9.36 Å². The zero-order valence-electron chi connectivity index (χ0n) is 25.7. The average Bonchev–Trinajstić information content (AvgIpc) is 3.37. The third-order valence-electron chi connectivity index (χ3n) is 8.60. The molecule has 2 N–H and O–H groups in total. The maximum Gasteiger partial charge on any atom is 0.306 e. The summed E-state index contributed by atoms with van der Waals surface area (Å²) in [5.74, 6) is 0.00364. The summed E-state index contributed by atoms with van der Waals surface area (Å²) >= 11 is 0. The fourth-order valence-electron chi connectivity index (χ4n) is 3.95. The molecule has 10 nitrogen and oxygen atoms in total. The first kappa shape index (κ1) is 31.7. The maximum atomic E-state index is 13.0. The molecular weight excluding hydrogens is 530 g/mol. The molecule has 0 bridgehead atoms. The summed E-state index contributed by atoms with van der Waals surface area (Å²) in [6.07, 6.45) is 2.58. The van der Waals surface area contributed by atoms with E-state index >= 15 is 0 Å². The molecule has 1 fully saturated rings. The number of rotatable bonds is 10. The monoisotopic (exact) mass is 579 g/mol. The Morgan fingerprint density at radius 3 is 2.26 bits per heavy atom. The lowest BCUT2D eigenvalue weighted by Gasteiger charge is -2.41. The van der Waals surface area contributed by atoms with Crippen molar-refractivity contribution in [2.45, 2.75) is 129 Å². The Morgan fingerprint density at radius 2 is 1.67 bits per heavy atom. The normalized spacial score (nSPS) is 22.9. The lowest BCUT2D eigenvalue weighted by Crippen LogP contribution is -2.51. The van der Waals surface area contributed by atoms with Crippen LogP contribution in [0.25, 0.3) is 11.2 Å². The minimum atomic E-state index is -2.30. The Balaban J connectivity index is 2.07. The highest BCUT2D eigenvalue weighted by molar-refractivity contribution is 6.74. The molecule has 3 rings (SSSR count). The second-order valence-corrected chi connectivity index (χ2v) is 23.2. The van der Waals surface area contributed by atoms with E-state index in [1.165, 1.54) is 6.33 Å². The van der Waals surface area contributed by atoms with Gasteiger partial charge in [0.25, 0.3) is 0 Å². The lowest BCUT2D eigenvalue weighted by atomic mass is 10.1. The zero-order chi connectivity index (χ0) is 29.4. The van der Waals surface area contributed by atoms with Gasteiger partial charge in [-0.15, -0.1) is 0 Å². The van der Waals surface area contributed by atoms with E-state index in [0.717, 1.165) is 12.8 Å². The third-order valence-corrected chi connectivity index (χ3v) is 17.6. The first-order valence-corrected chi connectivity index (χ1v) is 19.8.